The van der Waals surface area contributed by atoms with E-state index in [1.807, 2.05) is 38.2 Å². The maximum absolute atomic E-state index is 9.20. The second-order valence-electron chi connectivity index (χ2n) is 4.19. The summed E-state index contributed by atoms with van der Waals surface area (Å²) in [5.41, 5.74) is 1.02. The van der Waals surface area contributed by atoms with Crippen LogP contribution in [0.1, 0.15) is 13.3 Å². The average molecular weight is 298 g/mol. The Labute approximate surface area is 121 Å². The van der Waals surface area contributed by atoms with Crippen molar-refractivity contribution in [1.29, 1.82) is 0 Å². The third-order valence-electron chi connectivity index (χ3n) is 2.77. The predicted octanol–water partition coefficient (Wildman–Crippen LogP) is 2.47. The molecule has 0 aliphatic carbocycles. The van der Waals surface area contributed by atoms with E-state index in [2.05, 4.69) is 10.1 Å². The number of rotatable bonds is 4. The standard InChI is InChI=1S/C13H16ClN3OS/c1-3-11(8-18)15-13-17(2)16-12(19-13)9-4-6-10(14)7-5-9/h4-7,11,18H,3,8H2,1-2H3/t11-/m1/s1. The lowest BCUT2D eigenvalue weighted by Crippen LogP contribution is -2.18. The van der Waals surface area contributed by atoms with E-state index in [1.165, 1.54) is 11.3 Å². The van der Waals surface area contributed by atoms with Gasteiger partial charge >= 0.3 is 0 Å². The minimum absolute atomic E-state index is 0.0602. The largest absolute Gasteiger partial charge is 0.394 e. The first-order valence-electron chi connectivity index (χ1n) is 6.08. The van der Waals surface area contributed by atoms with Gasteiger partial charge in [0.15, 0.2) is 0 Å². The summed E-state index contributed by atoms with van der Waals surface area (Å²) >= 11 is 7.38. The van der Waals surface area contributed by atoms with E-state index in [0.717, 1.165) is 21.8 Å². The first-order valence-corrected chi connectivity index (χ1v) is 7.28. The third-order valence-corrected chi connectivity index (χ3v) is 4.09. The number of benzene rings is 1. The average Bonchev–Trinajstić information content (AvgIpc) is 2.78. The van der Waals surface area contributed by atoms with Gasteiger partial charge in [0.05, 0.1) is 12.6 Å². The van der Waals surface area contributed by atoms with Gasteiger partial charge in [-0.15, -0.1) is 0 Å². The topological polar surface area (TPSA) is 50.4 Å². The van der Waals surface area contributed by atoms with Gasteiger partial charge in [0.2, 0.25) is 4.80 Å². The second-order valence-corrected chi connectivity index (χ2v) is 5.59. The number of aromatic nitrogens is 2. The van der Waals surface area contributed by atoms with Gasteiger partial charge in [-0.3, -0.25) is 4.99 Å². The molecule has 2 rings (SSSR count). The number of nitrogens with zero attached hydrogens (tertiary/aromatic N) is 3. The Balaban J connectivity index is 2.38. The maximum Gasteiger partial charge on any atom is 0.203 e. The fourth-order valence-corrected chi connectivity index (χ4v) is 2.68. The Bertz CT molecular complexity index is 599. The molecule has 19 heavy (non-hydrogen) atoms. The lowest BCUT2D eigenvalue weighted by molar-refractivity contribution is 0.261. The van der Waals surface area contributed by atoms with Crippen LogP contribution in [0.2, 0.25) is 5.02 Å². The van der Waals surface area contributed by atoms with Crippen LogP contribution in [0, 0.1) is 0 Å². The van der Waals surface area contributed by atoms with Crippen LogP contribution in [0.25, 0.3) is 10.6 Å². The van der Waals surface area contributed by atoms with Crippen LogP contribution < -0.4 is 4.80 Å². The van der Waals surface area contributed by atoms with Crippen molar-refractivity contribution in [2.24, 2.45) is 12.0 Å². The lowest BCUT2D eigenvalue weighted by atomic mass is 10.2. The summed E-state index contributed by atoms with van der Waals surface area (Å²) < 4.78 is 1.74. The zero-order valence-electron chi connectivity index (χ0n) is 10.9. The molecule has 6 heteroatoms. The van der Waals surface area contributed by atoms with Crippen molar-refractivity contribution in [1.82, 2.24) is 9.78 Å². The van der Waals surface area contributed by atoms with E-state index in [1.54, 1.807) is 4.68 Å². The summed E-state index contributed by atoms with van der Waals surface area (Å²) in [5, 5.41) is 15.3. The van der Waals surface area contributed by atoms with Crippen LogP contribution in [0.5, 0.6) is 0 Å². The van der Waals surface area contributed by atoms with Crippen LogP contribution in [-0.2, 0) is 7.05 Å². The zero-order chi connectivity index (χ0) is 13.8. The Morgan fingerprint density at radius 1 is 1.42 bits per heavy atom. The molecule has 0 fully saturated rings. The van der Waals surface area contributed by atoms with Gasteiger partial charge in [-0.1, -0.05) is 42.0 Å². The van der Waals surface area contributed by atoms with E-state index >= 15 is 0 Å². The van der Waals surface area contributed by atoms with Gasteiger partial charge in [0.1, 0.15) is 5.01 Å². The normalized spacial score (nSPS) is 13.8. The molecule has 1 aromatic carbocycles. The Hall–Kier alpha value is -1.17. The molecular weight excluding hydrogens is 282 g/mol. The highest BCUT2D eigenvalue weighted by molar-refractivity contribution is 7.12. The van der Waals surface area contributed by atoms with E-state index in [-0.39, 0.29) is 12.6 Å². The lowest BCUT2D eigenvalue weighted by Gasteiger charge is -2.02. The molecule has 1 aromatic heterocycles. The van der Waals surface area contributed by atoms with Gasteiger partial charge in [0.25, 0.3) is 0 Å². The Kier molecular flexibility index (Phi) is 4.74. The molecule has 1 atom stereocenters. The molecule has 0 saturated heterocycles. The van der Waals surface area contributed by atoms with Crippen molar-refractivity contribution in [3.8, 4) is 10.6 Å². The number of aliphatic hydroxyl groups is 1. The van der Waals surface area contributed by atoms with E-state index in [9.17, 15) is 5.11 Å². The number of hydrogen-bond donors (Lipinski definition) is 1. The van der Waals surface area contributed by atoms with Crippen molar-refractivity contribution in [3.05, 3.63) is 34.1 Å². The van der Waals surface area contributed by atoms with Crippen LogP contribution >= 0.6 is 22.9 Å². The summed E-state index contributed by atoms with van der Waals surface area (Å²) in [7, 11) is 1.86. The smallest absolute Gasteiger partial charge is 0.203 e. The van der Waals surface area contributed by atoms with Crippen LogP contribution in [0.4, 0.5) is 0 Å². The van der Waals surface area contributed by atoms with E-state index in [4.69, 9.17) is 11.6 Å². The number of aliphatic hydroxyl groups excluding tert-OH is 1. The van der Waals surface area contributed by atoms with E-state index in [0.29, 0.717) is 5.02 Å². The molecule has 2 aromatic rings. The Morgan fingerprint density at radius 2 is 2.11 bits per heavy atom. The van der Waals surface area contributed by atoms with Gasteiger partial charge in [-0.05, 0) is 18.6 Å². The summed E-state index contributed by atoms with van der Waals surface area (Å²) in [4.78, 5) is 5.31. The molecule has 0 amide bonds. The van der Waals surface area contributed by atoms with Crippen LogP contribution in [-0.4, -0.2) is 27.5 Å². The summed E-state index contributed by atoms with van der Waals surface area (Å²) in [6.07, 6.45) is 0.810. The van der Waals surface area contributed by atoms with Gasteiger partial charge < -0.3 is 5.11 Å². The molecular formula is C13H16ClN3OS. The van der Waals surface area contributed by atoms with Crippen molar-refractivity contribution in [2.45, 2.75) is 19.4 Å². The molecule has 1 N–H and O–H groups in total. The highest BCUT2D eigenvalue weighted by Crippen LogP contribution is 2.21. The summed E-state index contributed by atoms with van der Waals surface area (Å²) in [6.45, 7) is 2.07. The highest BCUT2D eigenvalue weighted by Gasteiger charge is 2.07. The molecule has 102 valence electrons. The number of aryl methyl sites for hydroxylation is 1. The minimum atomic E-state index is -0.0651. The van der Waals surface area contributed by atoms with Crippen molar-refractivity contribution >= 4 is 22.9 Å². The molecule has 0 saturated carbocycles. The molecule has 0 radical (unpaired) electrons. The number of halogens is 1. The second kappa shape index (κ2) is 6.32. The zero-order valence-corrected chi connectivity index (χ0v) is 12.4. The van der Waals surface area contributed by atoms with Crippen molar-refractivity contribution in [2.75, 3.05) is 6.61 Å². The van der Waals surface area contributed by atoms with Crippen LogP contribution in [0.3, 0.4) is 0 Å². The third kappa shape index (κ3) is 3.43. The molecule has 0 aliphatic rings. The molecule has 0 unspecified atom stereocenters. The Morgan fingerprint density at radius 3 is 2.68 bits per heavy atom. The summed E-state index contributed by atoms with van der Waals surface area (Å²) in [5.74, 6) is 0. The fourth-order valence-electron chi connectivity index (χ4n) is 1.59. The highest BCUT2D eigenvalue weighted by atomic mass is 35.5. The number of hydrogen-bond acceptors (Lipinski definition) is 4. The molecule has 0 bridgehead atoms. The molecule has 1 heterocycles. The SMILES string of the molecule is CC[C@H](CO)N=c1sc(-c2ccc(Cl)cc2)nn1C. The molecule has 0 aliphatic heterocycles. The van der Waals surface area contributed by atoms with Crippen LogP contribution in [0.15, 0.2) is 29.3 Å². The first kappa shape index (κ1) is 14.2. The summed E-state index contributed by atoms with van der Waals surface area (Å²) in [6, 6.07) is 7.50. The first-order chi connectivity index (χ1) is 9.13. The quantitative estimate of drug-likeness (QED) is 0.942. The monoisotopic (exact) mass is 297 g/mol. The minimum Gasteiger partial charge on any atom is -0.394 e. The van der Waals surface area contributed by atoms with Crippen molar-refractivity contribution < 1.29 is 5.11 Å². The fraction of sp³-hybridized carbons (Fsp3) is 0.385. The predicted molar refractivity (Wildman–Crippen MR) is 78.3 cm³/mol. The molecule has 0 spiro atoms. The van der Waals surface area contributed by atoms with Gasteiger partial charge in [-0.25, -0.2) is 4.68 Å². The van der Waals surface area contributed by atoms with E-state index < -0.39 is 0 Å². The van der Waals surface area contributed by atoms with Gasteiger partial charge in [0, 0.05) is 17.6 Å². The maximum atomic E-state index is 9.20. The van der Waals surface area contributed by atoms with Gasteiger partial charge in [-0.2, -0.15) is 5.10 Å². The van der Waals surface area contributed by atoms with Crippen molar-refractivity contribution in [3.63, 3.8) is 0 Å². The molecule has 4 nitrogen and oxygen atoms in total.